The van der Waals surface area contributed by atoms with E-state index in [0.717, 1.165) is 5.56 Å². The van der Waals surface area contributed by atoms with Crippen LogP contribution in [0.4, 0.5) is 4.39 Å². The van der Waals surface area contributed by atoms with E-state index in [1.54, 1.807) is 6.07 Å². The number of halogens is 2. The summed E-state index contributed by atoms with van der Waals surface area (Å²) in [5.74, 6) is 1.10. The van der Waals surface area contributed by atoms with Crippen molar-refractivity contribution in [3.8, 4) is 11.5 Å². The molecule has 5 heteroatoms. The summed E-state index contributed by atoms with van der Waals surface area (Å²) < 4.78 is 24.8. The van der Waals surface area contributed by atoms with Gasteiger partial charge in [0.2, 0.25) is 0 Å². The summed E-state index contributed by atoms with van der Waals surface area (Å²) in [6.07, 6.45) is 0.367. The largest absolute Gasteiger partial charge is 0.486 e. The van der Waals surface area contributed by atoms with Crippen molar-refractivity contribution in [2.75, 3.05) is 13.2 Å². The highest BCUT2D eigenvalue weighted by Gasteiger charge is 2.16. The van der Waals surface area contributed by atoms with E-state index >= 15 is 0 Å². The molecule has 0 aromatic heterocycles. The average molecular weight is 308 g/mol. The van der Waals surface area contributed by atoms with Gasteiger partial charge >= 0.3 is 0 Å². The second-order valence-electron chi connectivity index (χ2n) is 4.95. The Kier molecular flexibility index (Phi) is 3.99. The lowest BCUT2D eigenvalue weighted by Gasteiger charge is -2.20. The summed E-state index contributed by atoms with van der Waals surface area (Å²) in [4.78, 5) is 0. The molecule has 0 fully saturated rings. The van der Waals surface area contributed by atoms with Gasteiger partial charge in [0.15, 0.2) is 11.5 Å². The predicted octanol–water partition coefficient (Wildman–Crippen LogP) is 3.49. The third kappa shape index (κ3) is 3.12. The first-order valence-electron chi connectivity index (χ1n) is 6.72. The van der Waals surface area contributed by atoms with Crippen molar-refractivity contribution in [3.63, 3.8) is 0 Å². The number of rotatable bonds is 3. The van der Waals surface area contributed by atoms with Gasteiger partial charge in [-0.2, -0.15) is 0 Å². The van der Waals surface area contributed by atoms with E-state index in [-0.39, 0.29) is 11.9 Å². The van der Waals surface area contributed by atoms with Crippen LogP contribution in [0.5, 0.6) is 11.5 Å². The summed E-state index contributed by atoms with van der Waals surface area (Å²) in [5, 5.41) is 0.501. The summed E-state index contributed by atoms with van der Waals surface area (Å²) in [6, 6.07) is 9.70. The molecule has 21 heavy (non-hydrogen) atoms. The van der Waals surface area contributed by atoms with Crippen molar-refractivity contribution in [1.82, 2.24) is 0 Å². The van der Waals surface area contributed by atoms with Gasteiger partial charge in [-0.25, -0.2) is 4.39 Å². The van der Waals surface area contributed by atoms with Crippen molar-refractivity contribution < 1.29 is 13.9 Å². The van der Waals surface area contributed by atoms with Crippen molar-refractivity contribution in [2.45, 2.75) is 12.5 Å². The Morgan fingerprint density at radius 2 is 1.86 bits per heavy atom. The smallest absolute Gasteiger partial charge is 0.161 e. The van der Waals surface area contributed by atoms with Crippen molar-refractivity contribution in [3.05, 3.63) is 58.4 Å². The Balaban J connectivity index is 1.82. The molecule has 1 heterocycles. The standard InChI is InChI=1S/C16H15ClFNO2/c17-12-2-3-13(18)11(7-12)8-14(19)10-1-4-15-16(9-10)21-6-5-20-15/h1-4,7,9,14H,5-6,8,19H2. The van der Waals surface area contributed by atoms with E-state index < -0.39 is 0 Å². The SMILES string of the molecule is NC(Cc1cc(Cl)ccc1F)c1ccc2c(c1)OCCO2. The molecule has 1 unspecified atom stereocenters. The molecular weight excluding hydrogens is 293 g/mol. The van der Waals surface area contributed by atoms with Crippen LogP contribution in [0.1, 0.15) is 17.2 Å². The van der Waals surface area contributed by atoms with Gasteiger partial charge in [0.05, 0.1) is 0 Å². The molecule has 1 atom stereocenters. The first-order chi connectivity index (χ1) is 10.1. The molecule has 3 rings (SSSR count). The molecule has 0 saturated carbocycles. The van der Waals surface area contributed by atoms with E-state index in [1.165, 1.54) is 12.1 Å². The molecule has 0 bridgehead atoms. The topological polar surface area (TPSA) is 44.5 Å². The minimum absolute atomic E-state index is 0.299. The van der Waals surface area contributed by atoms with Crippen LogP contribution >= 0.6 is 11.6 Å². The molecule has 0 radical (unpaired) electrons. The molecule has 0 saturated heterocycles. The molecule has 2 aromatic carbocycles. The maximum atomic E-state index is 13.8. The quantitative estimate of drug-likeness (QED) is 0.944. The maximum Gasteiger partial charge on any atom is 0.161 e. The summed E-state index contributed by atoms with van der Waals surface area (Å²) in [5.41, 5.74) is 7.55. The van der Waals surface area contributed by atoms with Gasteiger partial charge in [-0.3, -0.25) is 0 Å². The fraction of sp³-hybridized carbons (Fsp3) is 0.250. The molecule has 2 aromatic rings. The predicted molar refractivity (Wildman–Crippen MR) is 79.5 cm³/mol. The zero-order chi connectivity index (χ0) is 14.8. The molecule has 0 amide bonds. The van der Waals surface area contributed by atoms with Gasteiger partial charge in [0.1, 0.15) is 19.0 Å². The lowest BCUT2D eigenvalue weighted by atomic mass is 9.99. The summed E-state index contributed by atoms with van der Waals surface area (Å²) >= 11 is 5.90. The number of hydrogen-bond donors (Lipinski definition) is 1. The van der Waals surface area contributed by atoms with Gasteiger partial charge < -0.3 is 15.2 Å². The first-order valence-corrected chi connectivity index (χ1v) is 7.10. The molecule has 0 aliphatic carbocycles. The minimum atomic E-state index is -0.339. The van der Waals surface area contributed by atoms with Crippen LogP contribution in [0.25, 0.3) is 0 Å². The molecule has 110 valence electrons. The van der Waals surface area contributed by atoms with E-state index in [2.05, 4.69) is 0 Å². The minimum Gasteiger partial charge on any atom is -0.486 e. The van der Waals surface area contributed by atoms with Gasteiger partial charge in [0, 0.05) is 11.1 Å². The van der Waals surface area contributed by atoms with E-state index in [9.17, 15) is 4.39 Å². The van der Waals surface area contributed by atoms with Gasteiger partial charge in [-0.05, 0) is 47.9 Å². The fourth-order valence-corrected chi connectivity index (χ4v) is 2.54. The van der Waals surface area contributed by atoms with E-state index in [0.29, 0.717) is 41.7 Å². The van der Waals surface area contributed by atoms with Crippen molar-refractivity contribution >= 4 is 11.6 Å². The second-order valence-corrected chi connectivity index (χ2v) is 5.39. The number of ether oxygens (including phenoxy) is 2. The Hall–Kier alpha value is -1.78. The Morgan fingerprint density at radius 1 is 1.10 bits per heavy atom. The van der Waals surface area contributed by atoms with Crippen molar-refractivity contribution in [1.29, 1.82) is 0 Å². The lowest BCUT2D eigenvalue weighted by Crippen LogP contribution is -2.18. The van der Waals surface area contributed by atoms with Gasteiger partial charge in [-0.15, -0.1) is 0 Å². The van der Waals surface area contributed by atoms with Gasteiger partial charge in [0.25, 0.3) is 0 Å². The van der Waals surface area contributed by atoms with Gasteiger partial charge in [-0.1, -0.05) is 17.7 Å². The normalized spacial score (nSPS) is 14.8. The highest BCUT2D eigenvalue weighted by atomic mass is 35.5. The lowest BCUT2D eigenvalue weighted by molar-refractivity contribution is 0.171. The van der Waals surface area contributed by atoms with Crippen LogP contribution in [0.3, 0.4) is 0 Å². The van der Waals surface area contributed by atoms with Crippen LogP contribution in [0.15, 0.2) is 36.4 Å². The molecule has 3 nitrogen and oxygen atoms in total. The zero-order valence-corrected chi connectivity index (χ0v) is 12.1. The Bertz CT molecular complexity index is 663. The summed E-state index contributed by atoms with van der Waals surface area (Å²) in [7, 11) is 0. The first kappa shape index (κ1) is 14.2. The molecule has 1 aliphatic rings. The van der Waals surface area contributed by atoms with Crippen LogP contribution < -0.4 is 15.2 Å². The monoisotopic (exact) mass is 307 g/mol. The molecule has 2 N–H and O–H groups in total. The van der Waals surface area contributed by atoms with Crippen LogP contribution in [-0.4, -0.2) is 13.2 Å². The van der Waals surface area contributed by atoms with E-state index in [4.69, 9.17) is 26.8 Å². The van der Waals surface area contributed by atoms with Crippen LogP contribution in [0.2, 0.25) is 5.02 Å². The number of fused-ring (bicyclic) bond motifs is 1. The fourth-order valence-electron chi connectivity index (χ4n) is 2.35. The average Bonchev–Trinajstić information content (AvgIpc) is 2.50. The second kappa shape index (κ2) is 5.92. The number of benzene rings is 2. The zero-order valence-electron chi connectivity index (χ0n) is 11.3. The Labute approximate surface area is 127 Å². The van der Waals surface area contributed by atoms with Crippen LogP contribution in [-0.2, 0) is 6.42 Å². The number of nitrogens with two attached hydrogens (primary N) is 1. The molecule has 0 spiro atoms. The third-order valence-corrected chi connectivity index (χ3v) is 3.68. The molecular formula is C16H15ClFNO2. The highest BCUT2D eigenvalue weighted by Crippen LogP contribution is 2.33. The van der Waals surface area contributed by atoms with Crippen molar-refractivity contribution in [2.24, 2.45) is 5.73 Å². The van der Waals surface area contributed by atoms with E-state index in [1.807, 2.05) is 18.2 Å². The third-order valence-electron chi connectivity index (χ3n) is 3.44. The number of hydrogen-bond acceptors (Lipinski definition) is 3. The Morgan fingerprint density at radius 3 is 2.67 bits per heavy atom. The highest BCUT2D eigenvalue weighted by molar-refractivity contribution is 6.30. The molecule has 1 aliphatic heterocycles. The van der Waals surface area contributed by atoms with Crippen LogP contribution in [0, 0.1) is 5.82 Å². The summed E-state index contributed by atoms with van der Waals surface area (Å²) in [6.45, 7) is 1.07. The maximum absolute atomic E-state index is 13.8.